The summed E-state index contributed by atoms with van der Waals surface area (Å²) >= 11 is 0. The van der Waals surface area contributed by atoms with E-state index in [1.54, 1.807) is 10.9 Å². The summed E-state index contributed by atoms with van der Waals surface area (Å²) in [5, 5.41) is 10.1. The molecule has 0 aliphatic carbocycles. The smallest absolute Gasteiger partial charge is 0.405 e. The number of methoxy groups -OCH3 is 2. The van der Waals surface area contributed by atoms with Crippen molar-refractivity contribution in [3.05, 3.63) is 48.0 Å². The van der Waals surface area contributed by atoms with Gasteiger partial charge in [-0.05, 0) is 25.1 Å². The number of aromatic nitrogens is 5. The summed E-state index contributed by atoms with van der Waals surface area (Å²) in [7, 11) is 4.51. The molecule has 4 rings (SSSR count). The van der Waals surface area contributed by atoms with E-state index in [2.05, 4.69) is 15.2 Å². The molecule has 1 amide bonds. The average molecular weight is 474 g/mol. The minimum atomic E-state index is -4.55. The van der Waals surface area contributed by atoms with Crippen LogP contribution in [-0.2, 0) is 7.05 Å². The number of nitrogens with zero attached hydrogens (tertiary/aromatic N) is 5. The second kappa shape index (κ2) is 8.69. The number of halogens is 3. The van der Waals surface area contributed by atoms with Crippen molar-refractivity contribution in [3.8, 4) is 28.6 Å². The van der Waals surface area contributed by atoms with Gasteiger partial charge in [-0.25, -0.2) is 4.98 Å². The van der Waals surface area contributed by atoms with Crippen LogP contribution in [-0.4, -0.2) is 57.2 Å². The molecular formula is C22H21F3N6O3. The topological polar surface area (TPSA) is 96.1 Å². The number of benzene rings is 2. The third-order valence-electron chi connectivity index (χ3n) is 5.34. The van der Waals surface area contributed by atoms with Gasteiger partial charge in [-0.3, -0.25) is 9.36 Å². The van der Waals surface area contributed by atoms with Crippen molar-refractivity contribution in [2.45, 2.75) is 13.1 Å². The third kappa shape index (κ3) is 4.26. The molecule has 0 saturated carbocycles. The summed E-state index contributed by atoms with van der Waals surface area (Å²) in [4.78, 5) is 16.9. The van der Waals surface area contributed by atoms with Crippen LogP contribution in [0.5, 0.6) is 11.5 Å². The Bertz CT molecular complexity index is 1350. The van der Waals surface area contributed by atoms with Gasteiger partial charge in [-0.2, -0.15) is 13.2 Å². The molecule has 0 saturated heterocycles. The fourth-order valence-corrected chi connectivity index (χ4v) is 3.55. The first kappa shape index (κ1) is 23.1. The number of alkyl halides is 3. The van der Waals surface area contributed by atoms with Crippen molar-refractivity contribution < 1.29 is 27.4 Å². The van der Waals surface area contributed by atoms with E-state index in [0.29, 0.717) is 17.0 Å². The maximum Gasteiger partial charge on any atom is 0.405 e. The highest BCUT2D eigenvalue weighted by atomic mass is 19.4. The number of rotatable bonds is 6. The van der Waals surface area contributed by atoms with Gasteiger partial charge in [0.1, 0.15) is 35.8 Å². The van der Waals surface area contributed by atoms with Crippen molar-refractivity contribution in [3.63, 3.8) is 0 Å². The van der Waals surface area contributed by atoms with Crippen LogP contribution in [0, 0.1) is 6.92 Å². The third-order valence-corrected chi connectivity index (χ3v) is 5.34. The molecule has 0 spiro atoms. The molecule has 9 nitrogen and oxygen atoms in total. The van der Waals surface area contributed by atoms with Gasteiger partial charge in [0.2, 0.25) is 0 Å². The van der Waals surface area contributed by atoms with Crippen molar-refractivity contribution in [1.29, 1.82) is 0 Å². The predicted octanol–water partition coefficient (Wildman–Crippen LogP) is 3.44. The van der Waals surface area contributed by atoms with E-state index in [4.69, 9.17) is 9.47 Å². The van der Waals surface area contributed by atoms with Crippen LogP contribution in [0.4, 0.5) is 13.2 Å². The monoisotopic (exact) mass is 474 g/mol. The Morgan fingerprint density at radius 3 is 2.32 bits per heavy atom. The second-order valence-corrected chi connectivity index (χ2v) is 7.47. The van der Waals surface area contributed by atoms with E-state index in [1.165, 1.54) is 26.4 Å². The van der Waals surface area contributed by atoms with Gasteiger partial charge >= 0.3 is 6.18 Å². The first-order chi connectivity index (χ1) is 16.1. The van der Waals surface area contributed by atoms with E-state index < -0.39 is 18.6 Å². The SMILES string of the molecule is COc1cc(-n2cnc3cc(-c4nnc(C)n4C)ccc32)cc(OC)c1C(=O)NCC(F)(F)F. The molecule has 0 fully saturated rings. The molecule has 1 N–H and O–H groups in total. The normalized spacial score (nSPS) is 11.6. The number of fused-ring (bicyclic) bond motifs is 1. The lowest BCUT2D eigenvalue weighted by atomic mass is 10.1. The number of ether oxygens (including phenoxy) is 2. The molecule has 12 heteroatoms. The molecule has 0 aliphatic rings. The highest BCUT2D eigenvalue weighted by molar-refractivity contribution is 6.00. The number of hydrogen-bond donors (Lipinski definition) is 1. The zero-order chi connectivity index (χ0) is 24.6. The fraction of sp³-hybridized carbons (Fsp3) is 0.273. The van der Waals surface area contributed by atoms with Gasteiger partial charge < -0.3 is 19.4 Å². The second-order valence-electron chi connectivity index (χ2n) is 7.47. The Morgan fingerprint density at radius 1 is 1.09 bits per heavy atom. The molecule has 0 atom stereocenters. The zero-order valence-electron chi connectivity index (χ0n) is 18.8. The lowest BCUT2D eigenvalue weighted by Crippen LogP contribution is -2.34. The molecule has 0 unspecified atom stereocenters. The quantitative estimate of drug-likeness (QED) is 0.460. The Balaban J connectivity index is 1.75. The van der Waals surface area contributed by atoms with Gasteiger partial charge in [-0.15, -0.1) is 10.2 Å². The molecule has 34 heavy (non-hydrogen) atoms. The standard InChI is InChI=1S/C22H21F3N6O3/c1-12-28-29-20(30(12)2)13-5-6-16-15(7-13)27-11-31(16)14-8-17(33-3)19(18(9-14)34-4)21(32)26-10-22(23,24)25/h5-9,11H,10H2,1-4H3,(H,26,32). The first-order valence-corrected chi connectivity index (χ1v) is 10.1. The van der Waals surface area contributed by atoms with Gasteiger partial charge in [0.15, 0.2) is 5.82 Å². The van der Waals surface area contributed by atoms with Crippen LogP contribution < -0.4 is 14.8 Å². The largest absolute Gasteiger partial charge is 0.496 e. The van der Waals surface area contributed by atoms with Crippen LogP contribution >= 0.6 is 0 Å². The number of amides is 1. The van der Waals surface area contributed by atoms with Crippen LogP contribution in [0.3, 0.4) is 0 Å². The molecule has 0 aliphatic heterocycles. The summed E-state index contributed by atoms with van der Waals surface area (Å²) < 4.78 is 51.9. The van der Waals surface area contributed by atoms with Crippen molar-refractivity contribution in [2.75, 3.05) is 20.8 Å². The van der Waals surface area contributed by atoms with Crippen molar-refractivity contribution >= 4 is 16.9 Å². The van der Waals surface area contributed by atoms with Crippen LogP contribution in [0.2, 0.25) is 0 Å². The van der Waals surface area contributed by atoms with Crippen molar-refractivity contribution in [1.82, 2.24) is 29.6 Å². The number of aryl methyl sites for hydroxylation is 1. The lowest BCUT2D eigenvalue weighted by molar-refractivity contribution is -0.123. The van der Waals surface area contributed by atoms with E-state index in [0.717, 1.165) is 16.9 Å². The Hall–Kier alpha value is -4.09. The Kier molecular flexibility index (Phi) is 5.90. The van der Waals surface area contributed by atoms with Crippen LogP contribution in [0.1, 0.15) is 16.2 Å². The predicted molar refractivity (Wildman–Crippen MR) is 117 cm³/mol. The summed E-state index contributed by atoms with van der Waals surface area (Å²) in [6.45, 7) is 0.386. The zero-order valence-corrected chi connectivity index (χ0v) is 18.8. The lowest BCUT2D eigenvalue weighted by Gasteiger charge is -2.16. The molecular weight excluding hydrogens is 453 g/mol. The number of imidazole rings is 1. The van der Waals surface area contributed by atoms with E-state index in [9.17, 15) is 18.0 Å². The number of nitrogens with one attached hydrogen (secondary N) is 1. The van der Waals surface area contributed by atoms with Crippen LogP contribution in [0.25, 0.3) is 28.1 Å². The molecule has 2 heterocycles. The minimum Gasteiger partial charge on any atom is -0.496 e. The van der Waals surface area contributed by atoms with Crippen molar-refractivity contribution in [2.24, 2.45) is 7.05 Å². The molecule has 4 aromatic rings. The first-order valence-electron chi connectivity index (χ1n) is 10.1. The van der Waals surface area contributed by atoms with Crippen LogP contribution in [0.15, 0.2) is 36.7 Å². The summed E-state index contributed by atoms with van der Waals surface area (Å²) in [5.41, 5.74) is 2.69. The Morgan fingerprint density at radius 2 is 1.76 bits per heavy atom. The highest BCUT2D eigenvalue weighted by Crippen LogP contribution is 2.34. The van der Waals surface area contributed by atoms with Gasteiger partial charge in [-0.1, -0.05) is 0 Å². The molecule has 178 valence electrons. The molecule has 0 bridgehead atoms. The number of carbonyl (C=O) groups is 1. The average Bonchev–Trinajstić information content (AvgIpc) is 3.38. The van der Waals surface area contributed by atoms with Gasteiger partial charge in [0, 0.05) is 24.7 Å². The van der Waals surface area contributed by atoms with E-state index >= 15 is 0 Å². The molecule has 2 aromatic heterocycles. The minimum absolute atomic E-state index is 0.0575. The maximum atomic E-state index is 12.6. The Labute approximate surface area is 192 Å². The summed E-state index contributed by atoms with van der Waals surface area (Å²) in [5.74, 6) is 0.631. The molecule has 2 aromatic carbocycles. The van der Waals surface area contributed by atoms with E-state index in [1.807, 2.05) is 42.1 Å². The summed E-state index contributed by atoms with van der Waals surface area (Å²) in [6.07, 6.45) is -2.96. The van der Waals surface area contributed by atoms with E-state index in [-0.39, 0.29) is 17.1 Å². The number of carbonyl (C=O) groups excluding carboxylic acids is 1. The number of hydrogen-bond acceptors (Lipinski definition) is 6. The molecule has 0 radical (unpaired) electrons. The maximum absolute atomic E-state index is 12.6. The fourth-order valence-electron chi connectivity index (χ4n) is 3.55. The summed E-state index contributed by atoms with van der Waals surface area (Å²) in [6, 6.07) is 8.70. The van der Waals surface area contributed by atoms with Gasteiger partial charge in [0.25, 0.3) is 5.91 Å². The van der Waals surface area contributed by atoms with Gasteiger partial charge in [0.05, 0.1) is 30.9 Å². The highest BCUT2D eigenvalue weighted by Gasteiger charge is 2.30.